The Hall–Kier alpha value is -0.890. The molecule has 2 N–H and O–H groups in total. The van der Waals surface area contributed by atoms with Crippen LogP contribution in [-0.4, -0.2) is 0 Å². The molecule has 2 heteroatoms. The highest BCUT2D eigenvalue weighted by Crippen LogP contribution is 2.36. The fourth-order valence-corrected chi connectivity index (χ4v) is 2.92. The van der Waals surface area contributed by atoms with Crippen LogP contribution in [0, 0.1) is 11.7 Å². The van der Waals surface area contributed by atoms with Gasteiger partial charge in [-0.25, -0.2) is 4.39 Å². The molecule has 0 amide bonds. The van der Waals surface area contributed by atoms with Crippen LogP contribution in [0.1, 0.15) is 51.0 Å². The lowest BCUT2D eigenvalue weighted by molar-refractivity contribution is 0.371. The Morgan fingerprint density at radius 2 is 1.94 bits per heavy atom. The van der Waals surface area contributed by atoms with Gasteiger partial charge in [-0.2, -0.15) is 0 Å². The average Bonchev–Trinajstić information content (AvgIpc) is 2.53. The second-order valence-electron chi connectivity index (χ2n) is 5.37. The van der Waals surface area contributed by atoms with Crippen LogP contribution in [0.3, 0.4) is 0 Å². The Balaban J connectivity index is 2.15. The average molecular weight is 235 g/mol. The van der Waals surface area contributed by atoms with E-state index < -0.39 is 0 Å². The van der Waals surface area contributed by atoms with Gasteiger partial charge in [-0.05, 0) is 42.9 Å². The molecule has 1 aliphatic carbocycles. The minimum atomic E-state index is -0.238. The zero-order valence-electron chi connectivity index (χ0n) is 10.6. The minimum Gasteiger partial charge on any atom is -0.321 e. The van der Waals surface area contributed by atoms with Crippen molar-refractivity contribution in [2.24, 2.45) is 11.7 Å². The van der Waals surface area contributed by atoms with Gasteiger partial charge in [0.05, 0.1) is 0 Å². The van der Waals surface area contributed by atoms with Crippen molar-refractivity contribution >= 4 is 0 Å². The van der Waals surface area contributed by atoms with Crippen LogP contribution in [0.15, 0.2) is 24.3 Å². The molecule has 1 aromatic carbocycles. The van der Waals surface area contributed by atoms with Gasteiger partial charge >= 0.3 is 0 Å². The monoisotopic (exact) mass is 235 g/mol. The number of halogens is 1. The first kappa shape index (κ1) is 12.6. The number of benzene rings is 1. The van der Waals surface area contributed by atoms with E-state index in [-0.39, 0.29) is 11.4 Å². The van der Waals surface area contributed by atoms with E-state index >= 15 is 0 Å². The Labute approximate surface area is 103 Å². The first-order chi connectivity index (χ1) is 8.14. The van der Waals surface area contributed by atoms with Crippen LogP contribution in [0.2, 0.25) is 0 Å². The highest BCUT2D eigenvalue weighted by molar-refractivity contribution is 5.24. The third-order valence-electron chi connectivity index (χ3n) is 4.23. The smallest absolute Gasteiger partial charge is 0.123 e. The molecule has 1 nitrogen and oxygen atoms in total. The van der Waals surface area contributed by atoms with Crippen molar-refractivity contribution in [3.05, 3.63) is 35.6 Å². The lowest BCUT2D eigenvalue weighted by Crippen LogP contribution is -2.36. The molecular weight excluding hydrogens is 213 g/mol. The molecule has 0 aromatic heterocycles. The predicted molar refractivity (Wildman–Crippen MR) is 69.1 cm³/mol. The number of hydrogen-bond acceptors (Lipinski definition) is 1. The first-order valence-electron chi connectivity index (χ1n) is 6.69. The summed E-state index contributed by atoms with van der Waals surface area (Å²) < 4.78 is 12.9. The van der Waals surface area contributed by atoms with Crippen molar-refractivity contribution in [1.29, 1.82) is 0 Å². The summed E-state index contributed by atoms with van der Waals surface area (Å²) in [7, 11) is 0. The first-order valence-corrected chi connectivity index (χ1v) is 6.69. The van der Waals surface area contributed by atoms with E-state index in [0.29, 0.717) is 0 Å². The molecule has 1 fully saturated rings. The summed E-state index contributed by atoms with van der Waals surface area (Å²) in [5.41, 5.74) is 7.38. The van der Waals surface area contributed by atoms with E-state index in [2.05, 4.69) is 6.92 Å². The second kappa shape index (κ2) is 5.18. The maximum absolute atomic E-state index is 12.9. The fraction of sp³-hybridized carbons (Fsp3) is 0.600. The molecule has 0 radical (unpaired) electrons. The lowest BCUT2D eigenvalue weighted by Gasteiger charge is -2.29. The summed E-state index contributed by atoms with van der Waals surface area (Å²) in [6, 6.07) is 6.74. The standard InChI is InChI=1S/C15H22FN/c1-2-12-4-3-10-15(17,11-9-12)13-5-7-14(16)8-6-13/h5-8,12H,2-4,9-11,17H2,1H3. The molecule has 0 heterocycles. The van der Waals surface area contributed by atoms with Gasteiger partial charge < -0.3 is 5.73 Å². The molecule has 2 atom stereocenters. The molecule has 0 bridgehead atoms. The number of nitrogens with two attached hydrogens (primary N) is 1. The number of hydrogen-bond donors (Lipinski definition) is 1. The topological polar surface area (TPSA) is 26.0 Å². The SMILES string of the molecule is CCC1CCCC(N)(c2ccc(F)cc2)CC1. The minimum absolute atomic E-state index is 0.183. The lowest BCUT2D eigenvalue weighted by atomic mass is 9.83. The molecule has 17 heavy (non-hydrogen) atoms. The molecule has 0 saturated heterocycles. The van der Waals surface area contributed by atoms with E-state index in [0.717, 1.165) is 24.3 Å². The van der Waals surface area contributed by atoms with Gasteiger partial charge in [-0.15, -0.1) is 0 Å². The molecule has 0 spiro atoms. The van der Waals surface area contributed by atoms with Gasteiger partial charge in [-0.1, -0.05) is 38.3 Å². The van der Waals surface area contributed by atoms with Gasteiger partial charge in [0.15, 0.2) is 0 Å². The maximum atomic E-state index is 12.9. The van der Waals surface area contributed by atoms with Gasteiger partial charge in [0.1, 0.15) is 5.82 Å². The summed E-state index contributed by atoms with van der Waals surface area (Å²) in [6.07, 6.45) is 6.97. The van der Waals surface area contributed by atoms with Crippen molar-refractivity contribution in [2.75, 3.05) is 0 Å². The summed E-state index contributed by atoms with van der Waals surface area (Å²) in [5, 5.41) is 0. The molecule has 1 aliphatic rings. The molecule has 0 aliphatic heterocycles. The Morgan fingerprint density at radius 1 is 1.24 bits per heavy atom. The Bertz CT molecular complexity index is 360. The quantitative estimate of drug-likeness (QED) is 0.771. The van der Waals surface area contributed by atoms with Gasteiger partial charge in [0.25, 0.3) is 0 Å². The Morgan fingerprint density at radius 3 is 2.59 bits per heavy atom. The van der Waals surface area contributed by atoms with E-state index in [1.54, 1.807) is 0 Å². The van der Waals surface area contributed by atoms with Crippen molar-refractivity contribution in [3.63, 3.8) is 0 Å². The van der Waals surface area contributed by atoms with Crippen LogP contribution in [-0.2, 0) is 5.54 Å². The van der Waals surface area contributed by atoms with Crippen LogP contribution in [0.25, 0.3) is 0 Å². The van der Waals surface area contributed by atoms with E-state index in [1.807, 2.05) is 12.1 Å². The maximum Gasteiger partial charge on any atom is 0.123 e. The van der Waals surface area contributed by atoms with Crippen molar-refractivity contribution in [2.45, 2.75) is 51.0 Å². The highest BCUT2D eigenvalue weighted by atomic mass is 19.1. The fourth-order valence-electron chi connectivity index (χ4n) is 2.92. The van der Waals surface area contributed by atoms with E-state index in [4.69, 9.17) is 5.73 Å². The zero-order chi connectivity index (χ0) is 12.3. The van der Waals surface area contributed by atoms with Crippen molar-refractivity contribution < 1.29 is 4.39 Å². The zero-order valence-corrected chi connectivity index (χ0v) is 10.6. The number of rotatable bonds is 2. The summed E-state index contributed by atoms with van der Waals surface area (Å²) in [4.78, 5) is 0. The molecule has 2 rings (SSSR count). The normalized spacial score (nSPS) is 29.9. The molecular formula is C15H22FN. The molecule has 2 unspecified atom stereocenters. The van der Waals surface area contributed by atoms with Gasteiger partial charge in [-0.3, -0.25) is 0 Å². The molecule has 1 aromatic rings. The van der Waals surface area contributed by atoms with E-state index in [1.165, 1.54) is 37.8 Å². The summed E-state index contributed by atoms with van der Waals surface area (Å²) in [6.45, 7) is 2.26. The van der Waals surface area contributed by atoms with Crippen LogP contribution in [0.4, 0.5) is 4.39 Å². The summed E-state index contributed by atoms with van der Waals surface area (Å²) >= 11 is 0. The Kier molecular flexibility index (Phi) is 3.82. The highest BCUT2D eigenvalue weighted by Gasteiger charge is 2.30. The van der Waals surface area contributed by atoms with Crippen molar-refractivity contribution in [1.82, 2.24) is 0 Å². The van der Waals surface area contributed by atoms with Gasteiger partial charge in [0, 0.05) is 5.54 Å². The van der Waals surface area contributed by atoms with Crippen LogP contribution < -0.4 is 5.73 Å². The molecule has 94 valence electrons. The van der Waals surface area contributed by atoms with Crippen molar-refractivity contribution in [3.8, 4) is 0 Å². The van der Waals surface area contributed by atoms with Crippen LogP contribution in [0.5, 0.6) is 0 Å². The molecule has 1 saturated carbocycles. The largest absolute Gasteiger partial charge is 0.321 e. The van der Waals surface area contributed by atoms with E-state index in [9.17, 15) is 4.39 Å². The summed E-state index contributed by atoms with van der Waals surface area (Å²) in [5.74, 6) is 0.637. The predicted octanol–water partition coefficient (Wildman–Crippen LogP) is 3.97. The van der Waals surface area contributed by atoms with Gasteiger partial charge in [0.2, 0.25) is 0 Å². The third-order valence-corrected chi connectivity index (χ3v) is 4.23. The van der Waals surface area contributed by atoms with Crippen LogP contribution >= 0.6 is 0 Å². The second-order valence-corrected chi connectivity index (χ2v) is 5.37. The third kappa shape index (κ3) is 2.86.